The lowest BCUT2D eigenvalue weighted by molar-refractivity contribution is 0.316. The third-order valence-electron chi connectivity index (χ3n) is 2.58. The molecule has 0 fully saturated rings. The first-order chi connectivity index (χ1) is 7.93. The van der Waals surface area contributed by atoms with Gasteiger partial charge in [-0.15, -0.1) is 0 Å². The van der Waals surface area contributed by atoms with Crippen LogP contribution in [-0.2, 0) is 0 Å². The summed E-state index contributed by atoms with van der Waals surface area (Å²) in [6.45, 7) is 5.83. The third kappa shape index (κ3) is 3.58. The molecule has 0 aliphatic rings. The van der Waals surface area contributed by atoms with Crippen molar-refractivity contribution < 1.29 is 5.21 Å². The molecular weight excluding hydrogens is 218 g/mol. The Morgan fingerprint density at radius 3 is 2.47 bits per heavy atom. The van der Waals surface area contributed by atoms with Crippen molar-refractivity contribution in [3.05, 3.63) is 17.5 Å². The lowest BCUT2D eigenvalue weighted by Crippen LogP contribution is -2.34. The first kappa shape index (κ1) is 13.2. The van der Waals surface area contributed by atoms with Gasteiger partial charge in [-0.05, 0) is 26.8 Å². The lowest BCUT2D eigenvalue weighted by atomic mass is 10.2. The van der Waals surface area contributed by atoms with E-state index in [1.54, 1.807) is 0 Å². The Balaban J connectivity index is 2.84. The lowest BCUT2D eigenvalue weighted by Gasteiger charge is -2.24. The Bertz CT molecular complexity index is 398. The summed E-state index contributed by atoms with van der Waals surface area (Å²) in [5.74, 6) is 0.856. The second-order valence-electron chi connectivity index (χ2n) is 4.21. The number of nitrogens with zero attached hydrogens (tertiary/aromatic N) is 4. The smallest absolute Gasteiger partial charge is 0.225 e. The average Bonchev–Trinajstić information content (AvgIpc) is 2.26. The van der Waals surface area contributed by atoms with Gasteiger partial charge >= 0.3 is 0 Å². The van der Waals surface area contributed by atoms with E-state index in [4.69, 9.17) is 10.9 Å². The summed E-state index contributed by atoms with van der Waals surface area (Å²) in [4.78, 5) is 10.6. The van der Waals surface area contributed by atoms with Crippen molar-refractivity contribution in [2.45, 2.75) is 33.2 Å². The second-order valence-corrected chi connectivity index (χ2v) is 4.21. The van der Waals surface area contributed by atoms with Crippen molar-refractivity contribution >= 4 is 11.8 Å². The number of aromatic nitrogens is 2. The second kappa shape index (κ2) is 5.47. The van der Waals surface area contributed by atoms with Gasteiger partial charge in [-0.3, -0.25) is 0 Å². The average molecular weight is 237 g/mol. The molecule has 1 aromatic heterocycles. The molecule has 0 saturated heterocycles. The van der Waals surface area contributed by atoms with Gasteiger partial charge in [-0.2, -0.15) is 0 Å². The number of rotatable bonds is 4. The molecule has 0 saturated carbocycles. The first-order valence-corrected chi connectivity index (χ1v) is 5.45. The zero-order valence-electron chi connectivity index (χ0n) is 10.7. The maximum absolute atomic E-state index is 8.54. The number of aryl methyl sites for hydroxylation is 2. The standard InChI is InChI=1S/C11H19N5O/c1-7-5-8(2)14-11(13-7)16(4)9(3)6-10(12)15-17/h5,9,17H,6H2,1-4H3,(H2,12,15). The van der Waals surface area contributed by atoms with E-state index in [1.807, 2.05) is 38.8 Å². The summed E-state index contributed by atoms with van der Waals surface area (Å²) < 4.78 is 0. The number of nitrogens with two attached hydrogens (primary N) is 1. The van der Waals surface area contributed by atoms with Crippen molar-refractivity contribution in [1.82, 2.24) is 9.97 Å². The van der Waals surface area contributed by atoms with Crippen molar-refractivity contribution in [3.63, 3.8) is 0 Å². The first-order valence-electron chi connectivity index (χ1n) is 5.45. The largest absolute Gasteiger partial charge is 0.409 e. The Morgan fingerprint density at radius 1 is 1.47 bits per heavy atom. The van der Waals surface area contributed by atoms with Crippen LogP contribution in [-0.4, -0.2) is 34.1 Å². The Labute approximate surface area is 101 Å². The van der Waals surface area contributed by atoms with Gasteiger partial charge in [-0.25, -0.2) is 9.97 Å². The number of hydrogen-bond acceptors (Lipinski definition) is 5. The molecule has 1 atom stereocenters. The zero-order chi connectivity index (χ0) is 13.0. The van der Waals surface area contributed by atoms with Gasteiger partial charge in [0.2, 0.25) is 5.95 Å². The molecule has 1 unspecified atom stereocenters. The SMILES string of the molecule is Cc1cc(C)nc(N(C)C(C)C/C(N)=N/O)n1. The molecule has 6 heteroatoms. The van der Waals surface area contributed by atoms with Gasteiger partial charge in [0.15, 0.2) is 0 Å². The van der Waals surface area contributed by atoms with Crippen LogP contribution in [0.3, 0.4) is 0 Å². The molecule has 0 spiro atoms. The van der Waals surface area contributed by atoms with E-state index in [9.17, 15) is 0 Å². The maximum Gasteiger partial charge on any atom is 0.225 e. The van der Waals surface area contributed by atoms with Crippen molar-refractivity contribution in [3.8, 4) is 0 Å². The summed E-state index contributed by atoms with van der Waals surface area (Å²) in [7, 11) is 1.89. The molecule has 1 rings (SSSR count). The van der Waals surface area contributed by atoms with E-state index in [1.165, 1.54) is 0 Å². The molecule has 17 heavy (non-hydrogen) atoms. The quantitative estimate of drug-likeness (QED) is 0.354. The van der Waals surface area contributed by atoms with Crippen molar-refractivity contribution in [2.75, 3.05) is 11.9 Å². The predicted molar refractivity (Wildman–Crippen MR) is 67.4 cm³/mol. The van der Waals surface area contributed by atoms with E-state index < -0.39 is 0 Å². The van der Waals surface area contributed by atoms with Gasteiger partial charge in [-0.1, -0.05) is 5.16 Å². The van der Waals surface area contributed by atoms with Crippen LogP contribution in [0.2, 0.25) is 0 Å². The van der Waals surface area contributed by atoms with Crippen LogP contribution in [0.15, 0.2) is 11.2 Å². The minimum absolute atomic E-state index is 0.0621. The number of oxime groups is 1. The highest BCUT2D eigenvalue weighted by atomic mass is 16.4. The fourth-order valence-corrected chi connectivity index (χ4v) is 1.54. The van der Waals surface area contributed by atoms with E-state index >= 15 is 0 Å². The Hall–Kier alpha value is -1.85. The summed E-state index contributed by atoms with van der Waals surface area (Å²) in [6.07, 6.45) is 0.462. The predicted octanol–water partition coefficient (Wildman–Crippen LogP) is 1.05. The monoisotopic (exact) mass is 237 g/mol. The molecule has 0 bridgehead atoms. The van der Waals surface area contributed by atoms with Crippen LogP contribution in [0.1, 0.15) is 24.7 Å². The molecule has 0 amide bonds. The molecule has 6 nitrogen and oxygen atoms in total. The van der Waals surface area contributed by atoms with Crippen molar-refractivity contribution in [2.24, 2.45) is 10.9 Å². The summed E-state index contributed by atoms with van der Waals surface area (Å²) in [5, 5.41) is 11.5. The normalized spacial score (nSPS) is 13.5. The molecule has 0 aliphatic carbocycles. The van der Waals surface area contributed by atoms with Crippen LogP contribution >= 0.6 is 0 Å². The minimum atomic E-state index is 0.0621. The highest BCUT2D eigenvalue weighted by molar-refractivity contribution is 5.80. The molecular formula is C11H19N5O. The third-order valence-corrected chi connectivity index (χ3v) is 2.58. The van der Waals surface area contributed by atoms with E-state index in [-0.39, 0.29) is 11.9 Å². The highest BCUT2D eigenvalue weighted by Gasteiger charge is 2.14. The van der Waals surface area contributed by atoms with Gasteiger partial charge in [0, 0.05) is 30.9 Å². The fourth-order valence-electron chi connectivity index (χ4n) is 1.54. The molecule has 0 radical (unpaired) electrons. The maximum atomic E-state index is 8.54. The Kier molecular flexibility index (Phi) is 4.25. The molecule has 3 N–H and O–H groups in total. The van der Waals surface area contributed by atoms with Crippen LogP contribution in [0.5, 0.6) is 0 Å². The van der Waals surface area contributed by atoms with Crippen molar-refractivity contribution in [1.29, 1.82) is 0 Å². The van der Waals surface area contributed by atoms with E-state index in [2.05, 4.69) is 15.1 Å². The fraction of sp³-hybridized carbons (Fsp3) is 0.545. The van der Waals surface area contributed by atoms with Crippen LogP contribution in [0, 0.1) is 13.8 Å². The highest BCUT2D eigenvalue weighted by Crippen LogP contribution is 2.12. The van der Waals surface area contributed by atoms with Crippen LogP contribution in [0.4, 0.5) is 5.95 Å². The van der Waals surface area contributed by atoms with E-state index in [0.29, 0.717) is 12.4 Å². The molecule has 1 aromatic rings. The summed E-state index contributed by atoms with van der Waals surface area (Å²) >= 11 is 0. The molecule has 0 aromatic carbocycles. The Morgan fingerprint density at radius 2 is 2.00 bits per heavy atom. The zero-order valence-corrected chi connectivity index (χ0v) is 10.7. The number of amidine groups is 1. The molecule has 94 valence electrons. The van der Waals surface area contributed by atoms with Gasteiger partial charge in [0.1, 0.15) is 5.84 Å². The van der Waals surface area contributed by atoms with Gasteiger partial charge < -0.3 is 15.8 Å². The minimum Gasteiger partial charge on any atom is -0.409 e. The van der Waals surface area contributed by atoms with Gasteiger partial charge in [0.25, 0.3) is 0 Å². The number of anilines is 1. The molecule has 1 heterocycles. The van der Waals surface area contributed by atoms with Gasteiger partial charge in [0.05, 0.1) is 0 Å². The topological polar surface area (TPSA) is 87.6 Å². The summed E-state index contributed by atoms with van der Waals surface area (Å²) in [5.41, 5.74) is 7.33. The van der Waals surface area contributed by atoms with Crippen LogP contribution in [0.25, 0.3) is 0 Å². The van der Waals surface area contributed by atoms with Crippen LogP contribution < -0.4 is 10.6 Å². The summed E-state index contributed by atoms with van der Waals surface area (Å²) in [6, 6.07) is 1.98. The van der Waals surface area contributed by atoms with E-state index in [0.717, 1.165) is 11.4 Å². The molecule has 0 aliphatic heterocycles. The number of hydrogen-bond donors (Lipinski definition) is 2.